The van der Waals surface area contributed by atoms with Crippen LogP contribution in [0.5, 0.6) is 5.75 Å². The van der Waals surface area contributed by atoms with Gasteiger partial charge in [-0.2, -0.15) is 0 Å². The fourth-order valence-electron chi connectivity index (χ4n) is 2.98. The average molecular weight is 261 g/mol. The third kappa shape index (κ3) is 2.77. The topological polar surface area (TPSA) is 32.7 Å². The zero-order valence-electron chi connectivity index (χ0n) is 11.9. The van der Waals surface area contributed by atoms with Gasteiger partial charge in [0, 0.05) is 31.1 Å². The highest BCUT2D eigenvalue weighted by Gasteiger charge is 2.33. The van der Waals surface area contributed by atoms with E-state index < -0.39 is 0 Å². The van der Waals surface area contributed by atoms with Gasteiger partial charge in [0.15, 0.2) is 0 Å². The van der Waals surface area contributed by atoms with Gasteiger partial charge in [-0.25, -0.2) is 0 Å². The summed E-state index contributed by atoms with van der Waals surface area (Å²) in [5, 5.41) is 9.19. The van der Waals surface area contributed by atoms with E-state index in [-0.39, 0.29) is 12.2 Å². The number of benzene rings is 1. The van der Waals surface area contributed by atoms with E-state index >= 15 is 0 Å². The van der Waals surface area contributed by atoms with Gasteiger partial charge in [-0.15, -0.1) is 0 Å². The predicted molar refractivity (Wildman–Crippen MR) is 75.4 cm³/mol. The third-order valence-corrected chi connectivity index (χ3v) is 4.00. The molecule has 0 aromatic heterocycles. The molecule has 0 amide bonds. The molecular weight excluding hydrogens is 238 g/mol. The number of nitrogens with zero attached hydrogens (tertiary/aromatic N) is 1. The van der Waals surface area contributed by atoms with Crippen molar-refractivity contribution in [3.05, 3.63) is 29.3 Å². The van der Waals surface area contributed by atoms with Crippen LogP contribution in [0.25, 0.3) is 0 Å². The molecule has 3 heteroatoms. The Kier molecular flexibility index (Phi) is 3.27. The lowest BCUT2D eigenvalue weighted by Gasteiger charge is -2.23. The molecule has 1 aliphatic heterocycles. The summed E-state index contributed by atoms with van der Waals surface area (Å²) in [5.74, 6) is 1.08. The maximum absolute atomic E-state index is 9.19. The van der Waals surface area contributed by atoms with Crippen LogP contribution in [0.1, 0.15) is 37.8 Å². The molecule has 1 N–H and O–H groups in total. The lowest BCUT2D eigenvalue weighted by atomic mass is 10.0. The molecule has 19 heavy (non-hydrogen) atoms. The summed E-state index contributed by atoms with van der Waals surface area (Å²) in [6.45, 7) is 6.17. The Bertz CT molecular complexity index is 466. The monoisotopic (exact) mass is 261 g/mol. The van der Waals surface area contributed by atoms with E-state index in [2.05, 4.69) is 36.9 Å². The van der Waals surface area contributed by atoms with Gasteiger partial charge in [-0.05, 0) is 32.3 Å². The smallest absolute Gasteiger partial charge is 0.127 e. The quantitative estimate of drug-likeness (QED) is 0.883. The zero-order valence-corrected chi connectivity index (χ0v) is 11.9. The van der Waals surface area contributed by atoms with Crippen LogP contribution in [0.4, 0.5) is 0 Å². The van der Waals surface area contributed by atoms with Gasteiger partial charge in [0.1, 0.15) is 11.4 Å². The second kappa shape index (κ2) is 4.80. The maximum Gasteiger partial charge on any atom is 0.127 e. The lowest BCUT2D eigenvalue weighted by Crippen LogP contribution is -2.29. The molecule has 1 heterocycles. The van der Waals surface area contributed by atoms with Crippen molar-refractivity contribution in [2.24, 2.45) is 0 Å². The minimum Gasteiger partial charge on any atom is -0.487 e. The van der Waals surface area contributed by atoms with Crippen molar-refractivity contribution in [1.29, 1.82) is 0 Å². The van der Waals surface area contributed by atoms with Crippen molar-refractivity contribution in [1.82, 2.24) is 4.90 Å². The highest BCUT2D eigenvalue weighted by atomic mass is 16.5. The fourth-order valence-corrected chi connectivity index (χ4v) is 2.98. The number of fused-ring (bicyclic) bond motifs is 1. The molecule has 104 valence electrons. The third-order valence-electron chi connectivity index (χ3n) is 4.00. The van der Waals surface area contributed by atoms with Gasteiger partial charge in [0.25, 0.3) is 0 Å². The van der Waals surface area contributed by atoms with Gasteiger partial charge in [0.05, 0.1) is 6.61 Å². The van der Waals surface area contributed by atoms with Gasteiger partial charge >= 0.3 is 0 Å². The highest BCUT2D eigenvalue weighted by molar-refractivity contribution is 5.45. The fraction of sp³-hybridized carbons (Fsp3) is 0.625. The Morgan fingerprint density at radius 1 is 1.37 bits per heavy atom. The second-order valence-electron chi connectivity index (χ2n) is 6.37. The summed E-state index contributed by atoms with van der Waals surface area (Å²) < 4.78 is 6.12. The number of aliphatic hydroxyl groups excluding tert-OH is 1. The molecule has 1 fully saturated rings. The normalized spacial score (nSPS) is 20.4. The van der Waals surface area contributed by atoms with Crippen LogP contribution < -0.4 is 4.74 Å². The van der Waals surface area contributed by atoms with E-state index in [1.807, 2.05) is 0 Å². The molecule has 0 spiro atoms. The minimum atomic E-state index is -0.0835. The van der Waals surface area contributed by atoms with Crippen molar-refractivity contribution in [3.8, 4) is 5.75 Å². The predicted octanol–water partition coefficient (Wildman–Crippen LogP) is 2.36. The lowest BCUT2D eigenvalue weighted by molar-refractivity contribution is 0.133. The van der Waals surface area contributed by atoms with Crippen LogP contribution in [-0.4, -0.2) is 34.8 Å². The first kappa shape index (κ1) is 12.9. The maximum atomic E-state index is 9.19. The first-order valence-corrected chi connectivity index (χ1v) is 7.24. The first-order chi connectivity index (χ1) is 9.09. The van der Waals surface area contributed by atoms with Gasteiger partial charge in [0.2, 0.25) is 0 Å². The van der Waals surface area contributed by atoms with Crippen molar-refractivity contribution in [2.45, 2.75) is 51.3 Å². The Balaban J connectivity index is 1.80. The second-order valence-corrected chi connectivity index (χ2v) is 6.37. The Hall–Kier alpha value is -1.06. The van der Waals surface area contributed by atoms with E-state index in [9.17, 15) is 5.11 Å². The van der Waals surface area contributed by atoms with Crippen LogP contribution in [0.15, 0.2) is 18.2 Å². The van der Waals surface area contributed by atoms with Crippen molar-refractivity contribution >= 4 is 0 Å². The number of ether oxygens (including phenoxy) is 1. The Morgan fingerprint density at radius 3 is 2.84 bits per heavy atom. The number of hydrogen-bond acceptors (Lipinski definition) is 3. The molecular formula is C16H23NO2. The van der Waals surface area contributed by atoms with Crippen LogP contribution in [0.2, 0.25) is 0 Å². The molecule has 2 aliphatic rings. The summed E-state index contributed by atoms with van der Waals surface area (Å²) >= 11 is 0. The Morgan fingerprint density at radius 2 is 2.16 bits per heavy atom. The van der Waals surface area contributed by atoms with E-state index in [1.165, 1.54) is 24.0 Å². The molecule has 1 saturated carbocycles. The number of rotatable bonds is 5. The van der Waals surface area contributed by atoms with Crippen LogP contribution in [0, 0.1) is 0 Å². The van der Waals surface area contributed by atoms with Crippen molar-refractivity contribution in [3.63, 3.8) is 0 Å². The molecule has 0 bridgehead atoms. The van der Waals surface area contributed by atoms with Crippen LogP contribution in [0.3, 0.4) is 0 Å². The first-order valence-electron chi connectivity index (χ1n) is 7.24. The molecule has 3 rings (SSSR count). The van der Waals surface area contributed by atoms with Gasteiger partial charge in [-0.3, -0.25) is 4.90 Å². The summed E-state index contributed by atoms with van der Waals surface area (Å²) in [6.07, 6.45) is 3.52. The number of para-hydroxylation sites is 1. The molecule has 1 aromatic rings. The van der Waals surface area contributed by atoms with Crippen molar-refractivity contribution in [2.75, 3.05) is 13.2 Å². The van der Waals surface area contributed by atoms with Crippen LogP contribution in [-0.2, 0) is 13.0 Å². The van der Waals surface area contributed by atoms with Crippen molar-refractivity contribution < 1.29 is 9.84 Å². The minimum absolute atomic E-state index is 0.0835. The van der Waals surface area contributed by atoms with E-state index in [0.29, 0.717) is 6.04 Å². The summed E-state index contributed by atoms with van der Waals surface area (Å²) in [5.41, 5.74) is 2.51. The van der Waals surface area contributed by atoms with E-state index in [1.54, 1.807) is 0 Å². The summed E-state index contributed by atoms with van der Waals surface area (Å²) in [7, 11) is 0. The standard InChI is InChI=1S/C16H23NO2/c1-16(2)10-12-4-3-5-13(15(12)19-16)11-17(8-9-18)14-6-7-14/h3-5,14,18H,6-11H2,1-2H3. The van der Waals surface area contributed by atoms with E-state index in [4.69, 9.17) is 4.74 Å². The van der Waals surface area contributed by atoms with Gasteiger partial charge in [-0.1, -0.05) is 18.2 Å². The summed E-state index contributed by atoms with van der Waals surface area (Å²) in [4.78, 5) is 2.38. The highest BCUT2D eigenvalue weighted by Crippen LogP contribution is 2.39. The molecule has 1 aromatic carbocycles. The largest absolute Gasteiger partial charge is 0.487 e. The number of hydrogen-bond donors (Lipinski definition) is 1. The molecule has 0 radical (unpaired) electrons. The molecule has 0 saturated heterocycles. The van der Waals surface area contributed by atoms with Gasteiger partial charge < -0.3 is 9.84 Å². The molecule has 0 atom stereocenters. The molecule has 3 nitrogen and oxygen atoms in total. The average Bonchev–Trinajstić information content (AvgIpc) is 3.11. The summed E-state index contributed by atoms with van der Waals surface area (Å²) in [6, 6.07) is 7.12. The molecule has 1 aliphatic carbocycles. The SMILES string of the molecule is CC1(C)Cc2cccc(CN(CCO)C3CC3)c2O1. The zero-order chi connectivity index (χ0) is 13.5. The number of aliphatic hydroxyl groups is 1. The molecule has 0 unspecified atom stereocenters. The van der Waals surface area contributed by atoms with E-state index in [0.717, 1.165) is 25.3 Å². The van der Waals surface area contributed by atoms with Crippen LogP contribution >= 0.6 is 0 Å². The Labute approximate surface area is 115 Å².